The van der Waals surface area contributed by atoms with Crippen molar-refractivity contribution in [2.45, 2.75) is 13.8 Å². The normalized spacial score (nSPS) is 12.8. The summed E-state index contributed by atoms with van der Waals surface area (Å²) in [4.78, 5) is 0. The molecule has 0 bridgehead atoms. The second kappa shape index (κ2) is 17.3. The molecule has 6 heteroatoms. The summed E-state index contributed by atoms with van der Waals surface area (Å²) in [5.41, 5.74) is 0. The smallest absolute Gasteiger partial charge is 0.151 e. The monoisotopic (exact) mass is 218 g/mol. The zero-order chi connectivity index (χ0) is 10.6. The van der Waals surface area contributed by atoms with Crippen molar-refractivity contribution < 1.29 is 16.8 Å². The van der Waals surface area contributed by atoms with Crippen molar-refractivity contribution in [2.24, 2.45) is 0 Å². The van der Waals surface area contributed by atoms with Crippen LogP contribution in [0.25, 0.3) is 0 Å². The van der Waals surface area contributed by atoms with Gasteiger partial charge in [0, 0.05) is 12.5 Å². The molecule has 0 amide bonds. The van der Waals surface area contributed by atoms with Gasteiger partial charge in [0.2, 0.25) is 0 Å². The van der Waals surface area contributed by atoms with E-state index in [1.54, 1.807) is 0 Å². The van der Waals surface area contributed by atoms with E-state index >= 15 is 0 Å². The fourth-order valence-electron chi connectivity index (χ4n) is 0. The minimum Gasteiger partial charge on any atom is -0.294 e. The minimum absolute atomic E-state index is 1.07. The number of rotatable bonds is 2. The Kier molecular flexibility index (Phi) is 26.2. The summed E-state index contributed by atoms with van der Waals surface area (Å²) in [5.74, 6) is 0. The third-order valence-corrected chi connectivity index (χ3v) is 1.41. The Hall–Kier alpha value is 0.220. The zero-order valence-corrected chi connectivity index (χ0v) is 10.1. The van der Waals surface area contributed by atoms with E-state index in [2.05, 4.69) is 8.37 Å². The van der Waals surface area contributed by atoms with Crippen molar-refractivity contribution in [3.63, 3.8) is 0 Å². The van der Waals surface area contributed by atoms with Crippen LogP contribution in [0, 0.1) is 0 Å². The van der Waals surface area contributed by atoms with Crippen LogP contribution in [-0.2, 0) is 30.5 Å². The van der Waals surface area contributed by atoms with Crippen LogP contribution in [0.15, 0.2) is 0 Å². The first-order valence-electron chi connectivity index (χ1n) is 3.30. The van der Waals surface area contributed by atoms with Crippen LogP contribution in [0.2, 0.25) is 0 Å². The molecule has 0 N–H and O–H groups in total. The van der Waals surface area contributed by atoms with Gasteiger partial charge in [-0.3, -0.25) is 8.37 Å². The van der Waals surface area contributed by atoms with Crippen molar-refractivity contribution in [3.05, 3.63) is 0 Å². The molecule has 0 aliphatic heterocycles. The second-order valence-corrected chi connectivity index (χ2v) is 3.41. The summed E-state index contributed by atoms with van der Waals surface area (Å²) >= 11 is -2.15. The predicted octanol–water partition coefficient (Wildman–Crippen LogP) is 0.879. The van der Waals surface area contributed by atoms with Gasteiger partial charge >= 0.3 is 0 Å². The average Bonchev–Trinajstić information content (AvgIpc) is 2.09. The average molecular weight is 218 g/mol. The Morgan fingerprint density at radius 1 is 0.833 bits per heavy atom. The van der Waals surface area contributed by atoms with Gasteiger partial charge in [-0.2, -0.15) is 0 Å². The maximum absolute atomic E-state index is 9.70. The molecule has 0 heterocycles. The predicted molar refractivity (Wildman–Crippen MR) is 53.5 cm³/mol. The van der Waals surface area contributed by atoms with E-state index in [-0.39, 0.29) is 0 Å². The van der Waals surface area contributed by atoms with Gasteiger partial charge in [-0.05, 0) is 0 Å². The van der Waals surface area contributed by atoms with E-state index in [9.17, 15) is 8.42 Å². The third kappa shape index (κ3) is 48.8. The quantitative estimate of drug-likeness (QED) is 0.690. The molecule has 0 aromatic heterocycles. The summed E-state index contributed by atoms with van der Waals surface area (Å²) in [6, 6.07) is 0. The lowest BCUT2D eigenvalue weighted by atomic mass is 11.0. The highest BCUT2D eigenvalue weighted by atomic mass is 32.2. The number of hydrogen-bond acceptors (Lipinski definition) is 4. The second-order valence-electron chi connectivity index (χ2n) is 1.14. The molecular weight excluding hydrogens is 200 g/mol. The lowest BCUT2D eigenvalue weighted by Crippen LogP contribution is -1.83. The SMILES string of the molecule is CC.COS(C)=O.COS(C)=O. The maximum Gasteiger partial charge on any atom is 0.151 e. The molecule has 2 unspecified atom stereocenters. The first-order chi connectivity index (χ1) is 5.54. The molecule has 0 aliphatic carbocycles. The van der Waals surface area contributed by atoms with E-state index in [4.69, 9.17) is 0 Å². The van der Waals surface area contributed by atoms with Crippen LogP contribution in [0.4, 0.5) is 0 Å². The molecule has 2 atom stereocenters. The zero-order valence-electron chi connectivity index (χ0n) is 8.45. The van der Waals surface area contributed by atoms with E-state index in [0.29, 0.717) is 0 Å². The fourth-order valence-corrected chi connectivity index (χ4v) is 0. The van der Waals surface area contributed by atoms with Crippen LogP contribution in [0.5, 0.6) is 0 Å². The molecule has 0 radical (unpaired) electrons. The van der Waals surface area contributed by atoms with Crippen LogP contribution in [-0.4, -0.2) is 35.1 Å². The lowest BCUT2D eigenvalue weighted by molar-refractivity contribution is 0.449. The Labute approximate surface area is 80.0 Å². The van der Waals surface area contributed by atoms with Gasteiger partial charge in [0.05, 0.1) is 14.2 Å². The lowest BCUT2D eigenvalue weighted by Gasteiger charge is -1.78. The van der Waals surface area contributed by atoms with Crippen molar-refractivity contribution >= 4 is 22.2 Å². The van der Waals surface area contributed by atoms with Crippen LogP contribution < -0.4 is 0 Å². The number of hydrogen-bond donors (Lipinski definition) is 0. The largest absolute Gasteiger partial charge is 0.294 e. The van der Waals surface area contributed by atoms with E-state index in [1.165, 1.54) is 26.7 Å². The molecule has 4 nitrogen and oxygen atoms in total. The Morgan fingerprint density at radius 3 is 0.917 bits per heavy atom. The highest BCUT2D eigenvalue weighted by molar-refractivity contribution is 7.79. The van der Waals surface area contributed by atoms with E-state index < -0.39 is 22.2 Å². The van der Waals surface area contributed by atoms with Crippen molar-refractivity contribution in [1.29, 1.82) is 0 Å². The Morgan fingerprint density at radius 2 is 0.917 bits per heavy atom. The molecule has 0 spiro atoms. The van der Waals surface area contributed by atoms with Crippen molar-refractivity contribution in [3.8, 4) is 0 Å². The van der Waals surface area contributed by atoms with Crippen molar-refractivity contribution in [2.75, 3.05) is 26.7 Å². The standard InChI is InChI=1S/2C2H6O2S.C2H6/c2*1-4-5(2)3;1-2/h2*1-2H3;1-2H3. The maximum atomic E-state index is 9.70. The van der Waals surface area contributed by atoms with E-state index in [1.807, 2.05) is 13.8 Å². The summed E-state index contributed by atoms with van der Waals surface area (Å²) in [6.07, 6.45) is 2.94. The third-order valence-electron chi connectivity index (χ3n) is 0.469. The van der Waals surface area contributed by atoms with Gasteiger partial charge in [-0.25, -0.2) is 8.42 Å². The summed E-state index contributed by atoms with van der Waals surface area (Å²) < 4.78 is 27.8. The first kappa shape index (κ1) is 18.1. The van der Waals surface area contributed by atoms with Crippen LogP contribution in [0.3, 0.4) is 0 Å². The summed E-state index contributed by atoms with van der Waals surface area (Å²) in [5, 5.41) is 0. The topological polar surface area (TPSA) is 52.6 Å². The Bertz CT molecular complexity index is 102. The van der Waals surface area contributed by atoms with E-state index in [0.717, 1.165) is 0 Å². The van der Waals surface area contributed by atoms with Gasteiger partial charge in [0.15, 0.2) is 22.2 Å². The first-order valence-corrected chi connectivity index (χ1v) is 6.27. The molecule has 12 heavy (non-hydrogen) atoms. The minimum atomic E-state index is -1.07. The van der Waals surface area contributed by atoms with Gasteiger partial charge in [-0.1, -0.05) is 13.8 Å². The molecular formula is C6H18O4S2. The molecule has 0 aliphatic rings. The Balaban J connectivity index is -0.000000112. The van der Waals surface area contributed by atoms with Gasteiger partial charge in [0.1, 0.15) is 0 Å². The fraction of sp³-hybridized carbons (Fsp3) is 1.00. The highest BCUT2D eigenvalue weighted by Crippen LogP contribution is 1.65. The molecule has 0 saturated heterocycles. The van der Waals surface area contributed by atoms with Gasteiger partial charge < -0.3 is 0 Å². The van der Waals surface area contributed by atoms with Crippen molar-refractivity contribution in [1.82, 2.24) is 0 Å². The van der Waals surface area contributed by atoms with Crippen LogP contribution >= 0.6 is 0 Å². The molecule has 0 saturated carbocycles. The summed E-state index contributed by atoms with van der Waals surface area (Å²) in [6.45, 7) is 4.00. The molecule has 0 aromatic carbocycles. The van der Waals surface area contributed by atoms with Gasteiger partial charge in [-0.15, -0.1) is 0 Å². The summed E-state index contributed by atoms with van der Waals surface area (Å²) in [7, 11) is 2.80. The highest BCUT2D eigenvalue weighted by Gasteiger charge is 1.72. The molecule has 78 valence electrons. The molecule has 0 aromatic rings. The molecule has 0 rings (SSSR count). The van der Waals surface area contributed by atoms with Crippen LogP contribution in [0.1, 0.15) is 13.8 Å². The van der Waals surface area contributed by atoms with Gasteiger partial charge in [0.25, 0.3) is 0 Å². The molecule has 0 fully saturated rings.